The monoisotopic (exact) mass is 255 g/mol. The lowest BCUT2D eigenvalue weighted by atomic mass is 9.95. The van der Waals surface area contributed by atoms with Crippen LogP contribution in [-0.4, -0.2) is 19.8 Å². The Bertz CT molecular complexity index is 434. The second-order valence-corrected chi connectivity index (χ2v) is 4.71. The highest BCUT2D eigenvalue weighted by Gasteiger charge is 2.26. The van der Waals surface area contributed by atoms with Crippen molar-refractivity contribution < 1.29 is 13.5 Å². The van der Waals surface area contributed by atoms with Gasteiger partial charge in [0.1, 0.15) is 11.6 Å². The van der Waals surface area contributed by atoms with Gasteiger partial charge in [0, 0.05) is 5.56 Å². The first-order chi connectivity index (χ1) is 8.65. The summed E-state index contributed by atoms with van der Waals surface area (Å²) in [6, 6.07) is 1.02. The molecule has 0 saturated heterocycles. The molecule has 1 atom stereocenters. The molecule has 0 radical (unpaired) electrons. The van der Waals surface area contributed by atoms with E-state index < -0.39 is 0 Å². The fourth-order valence-electron chi connectivity index (χ4n) is 2.37. The van der Waals surface area contributed by atoms with Crippen LogP contribution in [-0.2, 0) is 11.2 Å². The summed E-state index contributed by atoms with van der Waals surface area (Å²) < 4.78 is 33.6. The number of nitrogens with one attached hydrogen (secondary N) is 1. The quantitative estimate of drug-likeness (QED) is 0.896. The molecule has 0 bridgehead atoms. The van der Waals surface area contributed by atoms with Crippen molar-refractivity contribution in [2.75, 3.05) is 19.8 Å². The average molecular weight is 255 g/mol. The van der Waals surface area contributed by atoms with Gasteiger partial charge in [-0.3, -0.25) is 0 Å². The molecule has 1 unspecified atom stereocenters. The van der Waals surface area contributed by atoms with Crippen molar-refractivity contribution in [2.24, 2.45) is 0 Å². The Morgan fingerprint density at radius 3 is 2.94 bits per heavy atom. The normalized spacial score (nSPS) is 19.4. The van der Waals surface area contributed by atoms with Gasteiger partial charge in [0.2, 0.25) is 0 Å². The maximum Gasteiger partial charge on any atom is 0.131 e. The molecule has 0 amide bonds. The number of aryl methyl sites for hydroxylation is 1. The largest absolute Gasteiger partial charge is 0.379 e. The van der Waals surface area contributed by atoms with Gasteiger partial charge in [-0.15, -0.1) is 0 Å². The second kappa shape index (κ2) is 5.76. The molecule has 100 valence electrons. The van der Waals surface area contributed by atoms with Gasteiger partial charge in [-0.05, 0) is 43.5 Å². The molecule has 2 rings (SSSR count). The number of fused-ring (bicyclic) bond motifs is 1. The summed E-state index contributed by atoms with van der Waals surface area (Å²) in [6.07, 6.45) is 1.38. The lowest BCUT2D eigenvalue weighted by Crippen LogP contribution is -2.27. The van der Waals surface area contributed by atoms with Crippen molar-refractivity contribution in [1.29, 1.82) is 0 Å². The van der Waals surface area contributed by atoms with Crippen molar-refractivity contribution in [2.45, 2.75) is 32.7 Å². The van der Waals surface area contributed by atoms with Gasteiger partial charge in [-0.2, -0.15) is 0 Å². The van der Waals surface area contributed by atoms with E-state index in [0.717, 1.165) is 13.0 Å². The molecule has 0 aliphatic carbocycles. The van der Waals surface area contributed by atoms with Gasteiger partial charge >= 0.3 is 0 Å². The van der Waals surface area contributed by atoms with Crippen LogP contribution in [0.5, 0.6) is 0 Å². The van der Waals surface area contributed by atoms with E-state index in [1.807, 2.05) is 6.92 Å². The summed E-state index contributed by atoms with van der Waals surface area (Å²) in [4.78, 5) is 0. The highest BCUT2D eigenvalue weighted by Crippen LogP contribution is 2.29. The molecule has 1 aliphatic heterocycles. The number of hydrogen-bond acceptors (Lipinski definition) is 2. The van der Waals surface area contributed by atoms with Gasteiger partial charge in [0.15, 0.2) is 0 Å². The SMILES string of the molecule is CCCNC1COCCc2c(F)cc(C)c(F)c21. The summed E-state index contributed by atoms with van der Waals surface area (Å²) in [6.45, 7) is 5.24. The number of benzene rings is 1. The third-order valence-electron chi connectivity index (χ3n) is 3.31. The summed E-state index contributed by atoms with van der Waals surface area (Å²) in [5, 5.41) is 3.23. The fourth-order valence-corrected chi connectivity index (χ4v) is 2.37. The van der Waals surface area contributed by atoms with Crippen LogP contribution in [0.15, 0.2) is 6.07 Å². The van der Waals surface area contributed by atoms with Crippen molar-refractivity contribution in [3.05, 3.63) is 34.4 Å². The van der Waals surface area contributed by atoms with Crippen molar-refractivity contribution in [1.82, 2.24) is 5.32 Å². The Morgan fingerprint density at radius 1 is 1.44 bits per heavy atom. The smallest absolute Gasteiger partial charge is 0.131 e. The molecule has 1 aliphatic rings. The molecule has 2 nitrogen and oxygen atoms in total. The minimum absolute atomic E-state index is 0.253. The summed E-state index contributed by atoms with van der Waals surface area (Å²) in [5.41, 5.74) is 1.28. The third kappa shape index (κ3) is 2.54. The average Bonchev–Trinajstić information content (AvgIpc) is 2.56. The standard InChI is InChI=1S/C14H19F2NO/c1-3-5-17-12-8-18-6-4-10-11(15)7-9(2)14(16)13(10)12/h7,12,17H,3-6,8H2,1-2H3. The first kappa shape index (κ1) is 13.4. The fraction of sp³-hybridized carbons (Fsp3) is 0.571. The van der Waals surface area contributed by atoms with Crippen LogP contribution in [0.25, 0.3) is 0 Å². The topological polar surface area (TPSA) is 21.3 Å². The van der Waals surface area contributed by atoms with Crippen LogP contribution in [0.1, 0.15) is 36.1 Å². The molecule has 0 aromatic heterocycles. The predicted octanol–water partition coefficient (Wildman–Crippen LogP) is 2.89. The number of rotatable bonds is 3. The molecule has 18 heavy (non-hydrogen) atoms. The molecule has 1 aromatic rings. The Morgan fingerprint density at radius 2 is 2.22 bits per heavy atom. The minimum Gasteiger partial charge on any atom is -0.379 e. The Kier molecular flexibility index (Phi) is 4.30. The maximum absolute atomic E-state index is 14.3. The zero-order valence-electron chi connectivity index (χ0n) is 10.9. The van der Waals surface area contributed by atoms with Gasteiger partial charge < -0.3 is 10.1 Å². The van der Waals surface area contributed by atoms with Gasteiger partial charge in [-0.25, -0.2) is 8.78 Å². The van der Waals surface area contributed by atoms with E-state index in [1.165, 1.54) is 6.07 Å². The molecule has 1 heterocycles. The molecule has 0 fully saturated rings. The van der Waals surface area contributed by atoms with Crippen molar-refractivity contribution in [3.8, 4) is 0 Å². The van der Waals surface area contributed by atoms with Gasteiger partial charge in [-0.1, -0.05) is 6.92 Å². The molecule has 4 heteroatoms. The molecular weight excluding hydrogens is 236 g/mol. The highest BCUT2D eigenvalue weighted by atomic mass is 19.1. The lowest BCUT2D eigenvalue weighted by Gasteiger charge is -2.20. The van der Waals surface area contributed by atoms with Crippen LogP contribution < -0.4 is 5.32 Å². The van der Waals surface area contributed by atoms with Crippen LogP contribution in [0.2, 0.25) is 0 Å². The van der Waals surface area contributed by atoms with Crippen molar-refractivity contribution >= 4 is 0 Å². The van der Waals surface area contributed by atoms with Crippen LogP contribution in [0.4, 0.5) is 8.78 Å². The molecule has 1 aromatic carbocycles. The molecular formula is C14H19F2NO. The predicted molar refractivity (Wildman–Crippen MR) is 66.7 cm³/mol. The van der Waals surface area contributed by atoms with Crippen LogP contribution in [0.3, 0.4) is 0 Å². The maximum atomic E-state index is 14.3. The Labute approximate surface area is 106 Å². The highest BCUT2D eigenvalue weighted by molar-refractivity contribution is 5.38. The summed E-state index contributed by atoms with van der Waals surface area (Å²) >= 11 is 0. The Balaban J connectivity index is 2.44. The van der Waals surface area contributed by atoms with E-state index in [2.05, 4.69) is 5.32 Å². The van der Waals surface area contributed by atoms with E-state index in [1.54, 1.807) is 6.92 Å². The van der Waals surface area contributed by atoms with Crippen molar-refractivity contribution in [3.63, 3.8) is 0 Å². The Hall–Kier alpha value is -1.00. The van der Waals surface area contributed by atoms with Gasteiger partial charge in [0.05, 0.1) is 19.3 Å². The lowest BCUT2D eigenvalue weighted by molar-refractivity contribution is 0.121. The third-order valence-corrected chi connectivity index (χ3v) is 3.31. The number of halogens is 2. The first-order valence-electron chi connectivity index (χ1n) is 6.43. The second-order valence-electron chi connectivity index (χ2n) is 4.71. The minimum atomic E-state index is -0.322. The van der Waals surface area contributed by atoms with E-state index in [-0.39, 0.29) is 17.7 Å². The summed E-state index contributed by atoms with van der Waals surface area (Å²) in [5.74, 6) is -0.622. The van der Waals surface area contributed by atoms with Crippen LogP contribution in [0, 0.1) is 18.6 Å². The first-order valence-corrected chi connectivity index (χ1v) is 6.43. The molecule has 1 N–H and O–H groups in total. The van der Waals surface area contributed by atoms with E-state index in [4.69, 9.17) is 4.74 Å². The van der Waals surface area contributed by atoms with E-state index in [0.29, 0.717) is 36.3 Å². The summed E-state index contributed by atoms with van der Waals surface area (Å²) in [7, 11) is 0. The number of hydrogen-bond donors (Lipinski definition) is 1. The zero-order valence-corrected chi connectivity index (χ0v) is 10.9. The zero-order chi connectivity index (χ0) is 13.1. The van der Waals surface area contributed by atoms with Crippen LogP contribution >= 0.6 is 0 Å². The number of ether oxygens (including phenoxy) is 1. The molecule has 0 saturated carbocycles. The van der Waals surface area contributed by atoms with Gasteiger partial charge in [0.25, 0.3) is 0 Å². The molecule has 0 spiro atoms. The van der Waals surface area contributed by atoms with E-state index in [9.17, 15) is 8.78 Å². The van der Waals surface area contributed by atoms with E-state index >= 15 is 0 Å².